The fraction of sp³-hybridized carbons (Fsp3) is 0.0667. The number of carboxylic acid groups (broad SMARTS) is 1. The molecule has 2 aromatic rings. The van der Waals surface area contributed by atoms with E-state index in [1.54, 1.807) is 36.4 Å². The van der Waals surface area contributed by atoms with Gasteiger partial charge < -0.3 is 9.84 Å². The number of ketones is 1. The topological polar surface area (TPSA) is 63.6 Å². The van der Waals surface area contributed by atoms with Gasteiger partial charge in [0, 0.05) is 10.0 Å². The number of hydrogen-bond donors (Lipinski definition) is 1. The summed E-state index contributed by atoms with van der Waals surface area (Å²) in [7, 11) is 0. The Morgan fingerprint density at radius 3 is 2.30 bits per heavy atom. The van der Waals surface area contributed by atoms with Crippen LogP contribution in [0.4, 0.5) is 0 Å². The quantitative estimate of drug-likeness (QED) is 0.853. The van der Waals surface area contributed by atoms with Crippen LogP contribution in [0.2, 0.25) is 0 Å². The number of carboxylic acids is 1. The number of aromatic carboxylic acids is 1. The number of Topliss-reactive ketones (excluding diaryl/α,β-unsaturated/α-hetero) is 1. The molecule has 0 aromatic heterocycles. The maximum atomic E-state index is 11.2. The predicted molar refractivity (Wildman–Crippen MR) is 77.6 cm³/mol. The predicted octanol–water partition coefficient (Wildman–Crippen LogP) is 4.14. The van der Waals surface area contributed by atoms with Crippen LogP contribution in [0, 0.1) is 0 Å². The first-order valence-corrected chi connectivity index (χ1v) is 6.58. The summed E-state index contributed by atoms with van der Waals surface area (Å²) in [5.74, 6) is -0.385. The van der Waals surface area contributed by atoms with Crippen molar-refractivity contribution < 1.29 is 19.4 Å². The van der Waals surface area contributed by atoms with Gasteiger partial charge in [-0.2, -0.15) is 0 Å². The minimum absolute atomic E-state index is 0.0357. The van der Waals surface area contributed by atoms with Crippen LogP contribution in [0.25, 0.3) is 0 Å². The van der Waals surface area contributed by atoms with Crippen molar-refractivity contribution in [2.75, 3.05) is 0 Å². The summed E-state index contributed by atoms with van der Waals surface area (Å²) in [5, 5.41) is 9.14. The van der Waals surface area contributed by atoms with E-state index >= 15 is 0 Å². The van der Waals surface area contributed by atoms with Gasteiger partial charge in [0.2, 0.25) is 0 Å². The summed E-state index contributed by atoms with van der Waals surface area (Å²) in [6, 6.07) is 11.3. The molecule has 0 aliphatic rings. The Kier molecular flexibility index (Phi) is 4.20. The molecule has 0 fully saturated rings. The zero-order valence-corrected chi connectivity index (χ0v) is 12.2. The van der Waals surface area contributed by atoms with Gasteiger partial charge in [0.05, 0.1) is 0 Å². The van der Waals surface area contributed by atoms with E-state index in [2.05, 4.69) is 15.9 Å². The number of benzene rings is 2. The fourth-order valence-electron chi connectivity index (χ4n) is 1.64. The molecule has 0 unspecified atom stereocenters. The second-order valence-electron chi connectivity index (χ2n) is 4.13. The van der Waals surface area contributed by atoms with E-state index in [-0.39, 0.29) is 17.1 Å². The van der Waals surface area contributed by atoms with Gasteiger partial charge in [-0.05, 0) is 49.4 Å². The molecule has 0 aliphatic heterocycles. The van der Waals surface area contributed by atoms with E-state index in [4.69, 9.17) is 9.84 Å². The van der Waals surface area contributed by atoms with Crippen molar-refractivity contribution >= 4 is 27.7 Å². The Morgan fingerprint density at radius 2 is 1.75 bits per heavy atom. The second-order valence-corrected chi connectivity index (χ2v) is 5.04. The lowest BCUT2D eigenvalue weighted by atomic mass is 10.1. The number of ether oxygens (including phenoxy) is 1. The average Bonchev–Trinajstić information content (AvgIpc) is 2.41. The minimum atomic E-state index is -1.07. The molecule has 20 heavy (non-hydrogen) atoms. The number of halogens is 1. The lowest BCUT2D eigenvalue weighted by molar-refractivity contribution is 0.0694. The maximum absolute atomic E-state index is 11.2. The SMILES string of the molecule is CC(=O)c1ccc(Oc2ccc(Br)cc2C(=O)O)cc1. The molecule has 0 spiro atoms. The molecule has 0 saturated carbocycles. The van der Waals surface area contributed by atoms with Crippen molar-refractivity contribution in [2.24, 2.45) is 0 Å². The summed E-state index contributed by atoms with van der Waals surface area (Å²) >= 11 is 3.22. The number of carbonyl (C=O) groups is 2. The van der Waals surface area contributed by atoms with Crippen molar-refractivity contribution in [3.05, 3.63) is 58.1 Å². The van der Waals surface area contributed by atoms with Crippen LogP contribution in [-0.4, -0.2) is 16.9 Å². The number of carbonyl (C=O) groups excluding carboxylic acids is 1. The van der Waals surface area contributed by atoms with Gasteiger partial charge in [0.15, 0.2) is 5.78 Å². The van der Waals surface area contributed by atoms with Crippen molar-refractivity contribution in [3.8, 4) is 11.5 Å². The second kappa shape index (κ2) is 5.88. The van der Waals surface area contributed by atoms with Gasteiger partial charge in [-0.15, -0.1) is 0 Å². The molecule has 0 saturated heterocycles. The van der Waals surface area contributed by atoms with Crippen LogP contribution in [-0.2, 0) is 0 Å². The Labute approximate surface area is 124 Å². The van der Waals surface area contributed by atoms with Crippen LogP contribution in [0.5, 0.6) is 11.5 Å². The van der Waals surface area contributed by atoms with Gasteiger partial charge in [0.25, 0.3) is 0 Å². The van der Waals surface area contributed by atoms with Crippen LogP contribution < -0.4 is 4.74 Å². The Balaban J connectivity index is 2.30. The van der Waals surface area contributed by atoms with Gasteiger partial charge in [0.1, 0.15) is 17.1 Å². The highest BCUT2D eigenvalue weighted by molar-refractivity contribution is 9.10. The maximum Gasteiger partial charge on any atom is 0.339 e. The zero-order valence-electron chi connectivity index (χ0n) is 10.6. The van der Waals surface area contributed by atoms with E-state index < -0.39 is 5.97 Å². The van der Waals surface area contributed by atoms with Crippen molar-refractivity contribution in [2.45, 2.75) is 6.92 Å². The highest BCUT2D eigenvalue weighted by Gasteiger charge is 2.12. The third kappa shape index (κ3) is 3.24. The molecular formula is C15H11BrO4. The molecule has 0 aliphatic carbocycles. The first-order chi connectivity index (χ1) is 9.47. The molecule has 4 nitrogen and oxygen atoms in total. The van der Waals surface area contributed by atoms with Crippen molar-refractivity contribution in [1.29, 1.82) is 0 Å². The molecule has 0 atom stereocenters. The number of rotatable bonds is 4. The number of hydrogen-bond acceptors (Lipinski definition) is 3. The summed E-state index contributed by atoms with van der Waals surface area (Å²) in [6.07, 6.45) is 0. The first-order valence-electron chi connectivity index (χ1n) is 5.79. The van der Waals surface area contributed by atoms with Crippen LogP contribution >= 0.6 is 15.9 Å². The molecule has 0 bridgehead atoms. The van der Waals surface area contributed by atoms with Crippen LogP contribution in [0.1, 0.15) is 27.6 Å². The highest BCUT2D eigenvalue weighted by Crippen LogP contribution is 2.28. The zero-order chi connectivity index (χ0) is 14.7. The van der Waals surface area contributed by atoms with Crippen LogP contribution in [0.15, 0.2) is 46.9 Å². The largest absolute Gasteiger partial charge is 0.478 e. The summed E-state index contributed by atoms with van der Waals surface area (Å²) in [6.45, 7) is 1.48. The van der Waals surface area contributed by atoms with Gasteiger partial charge in [-0.3, -0.25) is 4.79 Å². The Hall–Kier alpha value is -2.14. The van der Waals surface area contributed by atoms with E-state index in [0.717, 1.165) is 0 Å². The fourth-order valence-corrected chi connectivity index (χ4v) is 2.00. The highest BCUT2D eigenvalue weighted by atomic mass is 79.9. The van der Waals surface area contributed by atoms with Gasteiger partial charge in [-0.25, -0.2) is 4.79 Å². The van der Waals surface area contributed by atoms with Crippen LogP contribution in [0.3, 0.4) is 0 Å². The minimum Gasteiger partial charge on any atom is -0.478 e. The summed E-state index contributed by atoms with van der Waals surface area (Å²) in [5.41, 5.74) is 0.640. The third-order valence-electron chi connectivity index (χ3n) is 2.66. The normalized spacial score (nSPS) is 10.1. The van der Waals surface area contributed by atoms with E-state index in [0.29, 0.717) is 15.8 Å². The van der Waals surface area contributed by atoms with E-state index in [1.807, 2.05) is 0 Å². The van der Waals surface area contributed by atoms with Crippen molar-refractivity contribution in [3.63, 3.8) is 0 Å². The molecule has 5 heteroatoms. The van der Waals surface area contributed by atoms with Crippen molar-refractivity contribution in [1.82, 2.24) is 0 Å². The molecule has 1 N–H and O–H groups in total. The smallest absolute Gasteiger partial charge is 0.339 e. The summed E-state index contributed by atoms with van der Waals surface area (Å²) < 4.78 is 6.21. The van der Waals surface area contributed by atoms with E-state index in [1.165, 1.54) is 13.0 Å². The van der Waals surface area contributed by atoms with Gasteiger partial charge >= 0.3 is 5.97 Å². The first kappa shape index (κ1) is 14.3. The molecule has 102 valence electrons. The molecule has 0 heterocycles. The lowest BCUT2D eigenvalue weighted by Gasteiger charge is -2.09. The molecular weight excluding hydrogens is 324 g/mol. The molecule has 0 radical (unpaired) electrons. The molecule has 0 amide bonds. The monoisotopic (exact) mass is 334 g/mol. The third-order valence-corrected chi connectivity index (χ3v) is 3.15. The van der Waals surface area contributed by atoms with E-state index in [9.17, 15) is 9.59 Å². The Morgan fingerprint density at radius 1 is 1.10 bits per heavy atom. The van der Waals surface area contributed by atoms with Gasteiger partial charge in [-0.1, -0.05) is 15.9 Å². The molecule has 2 aromatic carbocycles. The lowest BCUT2D eigenvalue weighted by Crippen LogP contribution is -2.00. The average molecular weight is 335 g/mol. The molecule has 2 rings (SSSR count). The standard InChI is InChI=1S/C15H11BrO4/c1-9(17)10-2-5-12(6-3-10)20-14-7-4-11(16)8-13(14)15(18)19/h2-8H,1H3,(H,18,19). The Bertz CT molecular complexity index is 662. The summed E-state index contributed by atoms with van der Waals surface area (Å²) in [4.78, 5) is 22.3.